The number of aliphatic hydroxyl groups is 4. The van der Waals surface area contributed by atoms with Gasteiger partial charge in [-0.1, -0.05) is 60.1 Å². The molecule has 0 saturated heterocycles. The summed E-state index contributed by atoms with van der Waals surface area (Å²) in [5.74, 6) is 0.762. The van der Waals surface area contributed by atoms with Crippen molar-refractivity contribution in [1.82, 2.24) is 0 Å². The molecular weight excluding hydrogens is 424 g/mol. The predicted molar refractivity (Wildman–Crippen MR) is 135 cm³/mol. The highest BCUT2D eigenvalue weighted by Gasteiger charge is 2.72. The van der Waals surface area contributed by atoms with Crippen molar-refractivity contribution < 1.29 is 20.4 Å². The van der Waals surface area contributed by atoms with Crippen LogP contribution in [0, 0.1) is 50.2 Å². The Morgan fingerprint density at radius 1 is 0.824 bits per heavy atom. The van der Waals surface area contributed by atoms with E-state index < -0.39 is 23.0 Å². The Morgan fingerprint density at radius 3 is 2.15 bits per heavy atom. The normalized spacial score (nSPS) is 55.8. The molecule has 10 atom stereocenters. The number of fused-ring (bicyclic) bond motifs is 7. The molecule has 4 N–H and O–H groups in total. The van der Waals surface area contributed by atoms with Crippen molar-refractivity contribution in [2.24, 2.45) is 50.2 Å². The van der Waals surface area contributed by atoms with Crippen molar-refractivity contribution >= 4 is 0 Å². The molecule has 2 unspecified atom stereocenters. The molecule has 4 nitrogen and oxygen atoms in total. The highest BCUT2D eigenvalue weighted by atomic mass is 16.3. The zero-order valence-corrected chi connectivity index (χ0v) is 22.7. The van der Waals surface area contributed by atoms with Crippen molar-refractivity contribution in [2.45, 2.75) is 118 Å². The van der Waals surface area contributed by atoms with Gasteiger partial charge in [0.1, 0.15) is 0 Å². The molecule has 5 aliphatic rings. The molecule has 5 aliphatic carbocycles. The van der Waals surface area contributed by atoms with E-state index in [4.69, 9.17) is 0 Å². The molecule has 0 heterocycles. The van der Waals surface area contributed by atoms with Gasteiger partial charge in [0.2, 0.25) is 0 Å². The van der Waals surface area contributed by atoms with Crippen molar-refractivity contribution in [3.05, 3.63) is 11.6 Å². The lowest BCUT2D eigenvalue weighted by Gasteiger charge is -2.73. The van der Waals surface area contributed by atoms with Crippen molar-refractivity contribution in [1.29, 1.82) is 0 Å². The van der Waals surface area contributed by atoms with Gasteiger partial charge in [0.05, 0.1) is 18.3 Å². The van der Waals surface area contributed by atoms with Crippen LogP contribution in [0.15, 0.2) is 11.6 Å². The highest BCUT2D eigenvalue weighted by molar-refractivity contribution is 5.36. The van der Waals surface area contributed by atoms with Crippen molar-refractivity contribution in [3.63, 3.8) is 0 Å². The van der Waals surface area contributed by atoms with Crippen LogP contribution in [-0.4, -0.2) is 45.3 Å². The first-order valence-electron chi connectivity index (χ1n) is 14.0. The maximum Gasteiger partial charge on any atom is 0.0643 e. The van der Waals surface area contributed by atoms with E-state index in [1.807, 2.05) is 0 Å². The number of rotatable bonds is 1. The second kappa shape index (κ2) is 7.33. The first-order chi connectivity index (χ1) is 15.6. The van der Waals surface area contributed by atoms with E-state index in [0.717, 1.165) is 38.5 Å². The van der Waals surface area contributed by atoms with Crippen LogP contribution < -0.4 is 0 Å². The average Bonchev–Trinajstić information content (AvgIpc) is 2.75. The van der Waals surface area contributed by atoms with Crippen LogP contribution in [0.2, 0.25) is 0 Å². The van der Waals surface area contributed by atoms with E-state index >= 15 is 0 Å². The van der Waals surface area contributed by atoms with Crippen molar-refractivity contribution in [2.75, 3.05) is 6.61 Å². The first-order valence-corrected chi connectivity index (χ1v) is 14.0. The van der Waals surface area contributed by atoms with Crippen LogP contribution in [0.4, 0.5) is 0 Å². The molecule has 0 bridgehead atoms. The van der Waals surface area contributed by atoms with Crippen molar-refractivity contribution in [3.8, 4) is 0 Å². The molecule has 0 aromatic heterocycles. The molecule has 0 amide bonds. The number of aliphatic hydroxyl groups excluding tert-OH is 4. The van der Waals surface area contributed by atoms with Crippen LogP contribution in [0.25, 0.3) is 0 Å². The molecule has 4 fully saturated rings. The molecule has 5 rings (SSSR count). The maximum atomic E-state index is 12.0. The summed E-state index contributed by atoms with van der Waals surface area (Å²) in [4.78, 5) is 0. The zero-order chi connectivity index (χ0) is 25.1. The molecule has 0 aromatic carbocycles. The topological polar surface area (TPSA) is 80.9 Å². The Morgan fingerprint density at radius 2 is 1.50 bits per heavy atom. The fraction of sp³-hybridized carbons (Fsp3) is 0.933. The third-order valence-corrected chi connectivity index (χ3v) is 13.2. The van der Waals surface area contributed by atoms with Crippen LogP contribution in [0.1, 0.15) is 99.8 Å². The Labute approximate surface area is 207 Å². The molecule has 4 heteroatoms. The van der Waals surface area contributed by atoms with Gasteiger partial charge in [0.25, 0.3) is 0 Å². The van der Waals surface area contributed by atoms with Gasteiger partial charge in [-0.2, -0.15) is 0 Å². The van der Waals surface area contributed by atoms with Gasteiger partial charge in [0, 0.05) is 22.9 Å². The highest BCUT2D eigenvalue weighted by Crippen LogP contribution is 2.75. The standard InChI is InChI=1S/C30H50O4/c1-25(2)12-13-30(17-31)16-24(34)28(6)18(19(30)15-25)8-9-20-27(5)11-10-22(32)26(3,4)21(27)14-23(33)29(20,28)7/h8,19-24,31-34H,9-17H2,1-7H3/t19-,20?,21?,22-,23-,24-,27+,28-,29-,30+/m0/s1. The van der Waals surface area contributed by atoms with Gasteiger partial charge < -0.3 is 20.4 Å². The Balaban J connectivity index is 1.65. The SMILES string of the molecule is CC1(C)CC[C@]2(CO)C[C@H](O)[C@]3(C)C(=CCC4[C@@]5(C)CC[C@H](O)C(C)(C)C5C[C@H](O)[C@]43C)[C@@H]2C1. The summed E-state index contributed by atoms with van der Waals surface area (Å²) in [6.45, 7) is 16.1. The lowest BCUT2D eigenvalue weighted by atomic mass is 9.32. The van der Waals surface area contributed by atoms with E-state index in [1.54, 1.807) is 0 Å². The second-order valence-electron chi connectivity index (χ2n) is 15.3. The minimum atomic E-state index is -0.576. The summed E-state index contributed by atoms with van der Waals surface area (Å²) in [5.41, 5.74) is 0.124. The van der Waals surface area contributed by atoms with Crippen LogP contribution >= 0.6 is 0 Å². The molecule has 0 aromatic rings. The Hall–Kier alpha value is -0.420. The number of hydrogen-bond acceptors (Lipinski definition) is 4. The fourth-order valence-corrected chi connectivity index (χ4v) is 10.7. The van der Waals surface area contributed by atoms with Crippen LogP contribution in [0.5, 0.6) is 0 Å². The van der Waals surface area contributed by atoms with Gasteiger partial charge >= 0.3 is 0 Å². The Kier molecular flexibility index (Phi) is 5.44. The summed E-state index contributed by atoms with van der Waals surface area (Å²) < 4.78 is 0. The van der Waals surface area contributed by atoms with E-state index in [2.05, 4.69) is 54.5 Å². The summed E-state index contributed by atoms with van der Waals surface area (Å²) in [5, 5.41) is 45.5. The zero-order valence-electron chi connectivity index (χ0n) is 22.7. The van der Waals surface area contributed by atoms with E-state index in [0.29, 0.717) is 12.8 Å². The lowest BCUT2D eigenvalue weighted by Crippen LogP contribution is -2.71. The molecule has 194 valence electrons. The monoisotopic (exact) mass is 474 g/mol. The molecule has 0 radical (unpaired) electrons. The maximum absolute atomic E-state index is 12.0. The summed E-state index contributed by atoms with van der Waals surface area (Å²) in [6.07, 6.45) is 8.11. The third-order valence-electron chi connectivity index (χ3n) is 13.2. The molecule has 4 saturated carbocycles. The van der Waals surface area contributed by atoms with Crippen LogP contribution in [-0.2, 0) is 0 Å². The van der Waals surface area contributed by atoms with Gasteiger partial charge in [-0.3, -0.25) is 0 Å². The minimum Gasteiger partial charge on any atom is -0.396 e. The average molecular weight is 475 g/mol. The van der Waals surface area contributed by atoms with Gasteiger partial charge in [-0.05, 0) is 85.4 Å². The smallest absolute Gasteiger partial charge is 0.0643 e. The molecule has 34 heavy (non-hydrogen) atoms. The Bertz CT molecular complexity index is 877. The fourth-order valence-electron chi connectivity index (χ4n) is 10.7. The van der Waals surface area contributed by atoms with E-state index in [-0.39, 0.29) is 52.1 Å². The van der Waals surface area contributed by atoms with Crippen LogP contribution in [0.3, 0.4) is 0 Å². The summed E-state index contributed by atoms with van der Waals surface area (Å²) in [7, 11) is 0. The molecular formula is C30H50O4. The summed E-state index contributed by atoms with van der Waals surface area (Å²) >= 11 is 0. The second-order valence-corrected chi connectivity index (χ2v) is 15.3. The minimum absolute atomic E-state index is 0.0127. The van der Waals surface area contributed by atoms with E-state index in [1.165, 1.54) is 5.57 Å². The van der Waals surface area contributed by atoms with Gasteiger partial charge in [-0.15, -0.1) is 0 Å². The largest absolute Gasteiger partial charge is 0.396 e. The van der Waals surface area contributed by atoms with Gasteiger partial charge in [0.15, 0.2) is 0 Å². The third kappa shape index (κ3) is 2.86. The number of hydrogen-bond donors (Lipinski definition) is 4. The quantitative estimate of drug-likeness (QED) is 0.399. The predicted octanol–water partition coefficient (Wildman–Crippen LogP) is 5.08. The molecule has 0 spiro atoms. The van der Waals surface area contributed by atoms with E-state index in [9.17, 15) is 20.4 Å². The first kappa shape index (κ1) is 25.2. The van der Waals surface area contributed by atoms with Gasteiger partial charge in [-0.25, -0.2) is 0 Å². The lowest BCUT2D eigenvalue weighted by molar-refractivity contribution is -0.263. The number of allylic oxidation sites excluding steroid dienone is 1. The molecule has 0 aliphatic heterocycles. The summed E-state index contributed by atoms with van der Waals surface area (Å²) in [6, 6.07) is 0.